The molecule has 1 heterocycles. The van der Waals surface area contributed by atoms with E-state index in [1.54, 1.807) is 0 Å². The summed E-state index contributed by atoms with van der Waals surface area (Å²) in [5.41, 5.74) is -1.71. The molecule has 1 aromatic rings. The van der Waals surface area contributed by atoms with Gasteiger partial charge in [-0.05, 0) is 25.0 Å². The zero-order valence-corrected chi connectivity index (χ0v) is 11.4. The molecule has 1 aliphatic rings. The molecule has 0 radical (unpaired) electrons. The van der Waals surface area contributed by atoms with Crippen LogP contribution in [0, 0.1) is 0 Å². The summed E-state index contributed by atoms with van der Waals surface area (Å²) in [7, 11) is 0. The van der Waals surface area contributed by atoms with E-state index in [2.05, 4.69) is 10.3 Å². The Bertz CT molecular complexity index is 511. The number of hydrogen-bond donors (Lipinski definition) is 2. The molecular weight excluding hydrogens is 285 g/mol. The molecule has 0 atom stereocenters. The molecule has 0 spiro atoms. The molecule has 2 rings (SSSR count). The summed E-state index contributed by atoms with van der Waals surface area (Å²) in [5, 5.41) is 11.8. The number of carbonyl (C=O) groups is 1. The number of carboxylic acids is 1. The highest BCUT2D eigenvalue weighted by atomic mass is 19.4. The summed E-state index contributed by atoms with van der Waals surface area (Å²) < 4.78 is 39.0. The quantitative estimate of drug-likeness (QED) is 0.890. The van der Waals surface area contributed by atoms with Crippen LogP contribution in [0.4, 0.5) is 19.0 Å². The van der Waals surface area contributed by atoms with Crippen LogP contribution in [0.2, 0.25) is 0 Å². The van der Waals surface area contributed by atoms with Gasteiger partial charge in [0.25, 0.3) is 0 Å². The maximum absolute atomic E-state index is 13.0. The van der Waals surface area contributed by atoms with Gasteiger partial charge in [0.05, 0.1) is 12.0 Å². The van der Waals surface area contributed by atoms with E-state index in [1.807, 2.05) is 0 Å². The SMILES string of the molecule is O=C(O)CC1(Nc2ncccc2C(F)(F)F)CCCCC1. The van der Waals surface area contributed by atoms with Gasteiger partial charge >= 0.3 is 12.1 Å². The lowest BCUT2D eigenvalue weighted by Crippen LogP contribution is -2.43. The molecule has 0 amide bonds. The molecule has 1 fully saturated rings. The fraction of sp³-hybridized carbons (Fsp3) is 0.571. The molecule has 0 aliphatic heterocycles. The van der Waals surface area contributed by atoms with Crippen LogP contribution < -0.4 is 5.32 Å². The normalized spacial score (nSPS) is 18.2. The van der Waals surface area contributed by atoms with Gasteiger partial charge in [0.1, 0.15) is 5.82 Å². The van der Waals surface area contributed by atoms with Gasteiger partial charge in [0, 0.05) is 11.7 Å². The van der Waals surface area contributed by atoms with Crippen molar-refractivity contribution in [2.75, 3.05) is 5.32 Å². The maximum atomic E-state index is 13.0. The van der Waals surface area contributed by atoms with Gasteiger partial charge in [-0.2, -0.15) is 13.2 Å². The van der Waals surface area contributed by atoms with Gasteiger partial charge in [-0.25, -0.2) is 4.98 Å². The number of alkyl halides is 3. The number of rotatable bonds is 4. The number of carboxylic acid groups (broad SMARTS) is 1. The van der Waals surface area contributed by atoms with E-state index in [0.29, 0.717) is 12.8 Å². The molecule has 1 aromatic heterocycles. The summed E-state index contributed by atoms with van der Waals surface area (Å²) >= 11 is 0. The summed E-state index contributed by atoms with van der Waals surface area (Å²) in [6, 6.07) is 2.17. The number of nitrogens with one attached hydrogen (secondary N) is 1. The average Bonchev–Trinajstić information content (AvgIpc) is 2.38. The monoisotopic (exact) mass is 302 g/mol. The van der Waals surface area contributed by atoms with E-state index in [1.165, 1.54) is 12.3 Å². The number of pyridine rings is 1. The molecule has 1 saturated carbocycles. The largest absolute Gasteiger partial charge is 0.481 e. The minimum atomic E-state index is -4.52. The van der Waals surface area contributed by atoms with Crippen molar-refractivity contribution < 1.29 is 23.1 Å². The lowest BCUT2D eigenvalue weighted by molar-refractivity contribution is -0.138. The molecule has 4 nitrogen and oxygen atoms in total. The Balaban J connectivity index is 2.31. The van der Waals surface area contributed by atoms with Crippen LogP contribution in [-0.2, 0) is 11.0 Å². The van der Waals surface area contributed by atoms with E-state index in [4.69, 9.17) is 5.11 Å². The molecule has 7 heteroatoms. The Morgan fingerprint density at radius 2 is 2.00 bits per heavy atom. The molecule has 2 N–H and O–H groups in total. The van der Waals surface area contributed by atoms with Crippen molar-refractivity contribution in [3.63, 3.8) is 0 Å². The fourth-order valence-electron chi connectivity index (χ4n) is 2.85. The summed E-state index contributed by atoms with van der Waals surface area (Å²) in [6.07, 6.45) is 0.187. The molecule has 21 heavy (non-hydrogen) atoms. The lowest BCUT2D eigenvalue weighted by atomic mass is 9.79. The van der Waals surface area contributed by atoms with Crippen LogP contribution in [0.25, 0.3) is 0 Å². The minimum absolute atomic E-state index is 0.207. The first kappa shape index (κ1) is 15.6. The Labute approximate surface area is 120 Å². The molecule has 116 valence electrons. The third-order valence-corrected chi connectivity index (χ3v) is 3.80. The van der Waals surface area contributed by atoms with Crippen molar-refractivity contribution in [2.24, 2.45) is 0 Å². The summed E-state index contributed by atoms with van der Waals surface area (Å²) in [4.78, 5) is 14.8. The highest BCUT2D eigenvalue weighted by molar-refractivity contribution is 5.69. The van der Waals surface area contributed by atoms with Crippen molar-refractivity contribution in [3.05, 3.63) is 23.9 Å². The van der Waals surface area contributed by atoms with Crippen molar-refractivity contribution in [1.82, 2.24) is 4.98 Å². The van der Waals surface area contributed by atoms with Crippen molar-refractivity contribution in [2.45, 2.75) is 50.2 Å². The van der Waals surface area contributed by atoms with Crippen LogP contribution in [0.15, 0.2) is 18.3 Å². The molecule has 0 aromatic carbocycles. The van der Waals surface area contributed by atoms with E-state index in [9.17, 15) is 18.0 Å². The summed E-state index contributed by atoms with van der Waals surface area (Å²) in [6.45, 7) is 0. The number of nitrogens with zero attached hydrogens (tertiary/aromatic N) is 1. The zero-order valence-electron chi connectivity index (χ0n) is 11.4. The van der Waals surface area contributed by atoms with E-state index in [-0.39, 0.29) is 12.2 Å². The number of hydrogen-bond acceptors (Lipinski definition) is 3. The Morgan fingerprint density at radius 1 is 1.33 bits per heavy atom. The van der Waals surface area contributed by atoms with E-state index >= 15 is 0 Å². The van der Waals surface area contributed by atoms with Crippen LogP contribution in [0.5, 0.6) is 0 Å². The van der Waals surface area contributed by atoms with Crippen molar-refractivity contribution >= 4 is 11.8 Å². The lowest BCUT2D eigenvalue weighted by Gasteiger charge is -2.38. The van der Waals surface area contributed by atoms with Crippen LogP contribution in [0.3, 0.4) is 0 Å². The van der Waals surface area contributed by atoms with Gasteiger partial charge in [-0.3, -0.25) is 4.79 Å². The Kier molecular flexibility index (Phi) is 4.39. The van der Waals surface area contributed by atoms with Crippen molar-refractivity contribution in [1.29, 1.82) is 0 Å². The van der Waals surface area contributed by atoms with Gasteiger partial charge < -0.3 is 10.4 Å². The number of aliphatic carboxylic acids is 1. The number of anilines is 1. The third kappa shape index (κ3) is 3.86. The maximum Gasteiger partial charge on any atom is 0.419 e. The minimum Gasteiger partial charge on any atom is -0.481 e. The standard InChI is InChI=1S/C14H17F3N2O2/c15-14(16,17)10-5-4-8-18-12(10)19-13(9-11(20)21)6-2-1-3-7-13/h4-5,8H,1-3,6-7,9H2,(H,18,19)(H,20,21). The van der Waals surface area contributed by atoms with Crippen LogP contribution in [0.1, 0.15) is 44.1 Å². The second kappa shape index (κ2) is 5.91. The molecule has 0 unspecified atom stereocenters. The second-order valence-corrected chi connectivity index (χ2v) is 5.43. The van der Waals surface area contributed by atoms with Crippen LogP contribution >= 0.6 is 0 Å². The van der Waals surface area contributed by atoms with E-state index in [0.717, 1.165) is 25.3 Å². The Hall–Kier alpha value is -1.79. The molecule has 0 saturated heterocycles. The highest BCUT2D eigenvalue weighted by Crippen LogP contribution is 2.38. The smallest absolute Gasteiger partial charge is 0.419 e. The molecule has 0 bridgehead atoms. The first-order chi connectivity index (χ1) is 9.82. The van der Waals surface area contributed by atoms with Crippen LogP contribution in [-0.4, -0.2) is 21.6 Å². The first-order valence-corrected chi connectivity index (χ1v) is 6.85. The highest BCUT2D eigenvalue weighted by Gasteiger charge is 2.39. The topological polar surface area (TPSA) is 62.2 Å². The van der Waals surface area contributed by atoms with E-state index < -0.39 is 23.2 Å². The first-order valence-electron chi connectivity index (χ1n) is 6.85. The third-order valence-electron chi connectivity index (χ3n) is 3.80. The fourth-order valence-corrected chi connectivity index (χ4v) is 2.85. The van der Waals surface area contributed by atoms with Gasteiger partial charge in [-0.15, -0.1) is 0 Å². The van der Waals surface area contributed by atoms with Crippen molar-refractivity contribution in [3.8, 4) is 0 Å². The van der Waals surface area contributed by atoms with Gasteiger partial charge in [-0.1, -0.05) is 19.3 Å². The molecule has 1 aliphatic carbocycles. The molecular formula is C14H17F3N2O2. The van der Waals surface area contributed by atoms with Gasteiger partial charge in [0.2, 0.25) is 0 Å². The second-order valence-electron chi connectivity index (χ2n) is 5.43. The van der Waals surface area contributed by atoms with Gasteiger partial charge in [0.15, 0.2) is 0 Å². The Morgan fingerprint density at radius 3 is 2.57 bits per heavy atom. The number of halogens is 3. The summed E-state index contributed by atoms with van der Waals surface area (Å²) in [5.74, 6) is -1.30. The predicted octanol–water partition coefficient (Wildman–Crippen LogP) is 3.69. The number of aromatic nitrogens is 1. The predicted molar refractivity (Wildman–Crippen MR) is 70.9 cm³/mol. The average molecular weight is 302 g/mol. The zero-order chi connectivity index (χ0) is 15.5.